The Bertz CT molecular complexity index is 903. The highest BCUT2D eigenvalue weighted by Gasteiger charge is 2.15. The molecule has 0 fully saturated rings. The van der Waals surface area contributed by atoms with Crippen molar-refractivity contribution in [2.75, 3.05) is 6.54 Å². The molecule has 0 spiro atoms. The summed E-state index contributed by atoms with van der Waals surface area (Å²) in [5.41, 5.74) is 5.98. The van der Waals surface area contributed by atoms with Crippen molar-refractivity contribution in [3.05, 3.63) is 51.2 Å². The van der Waals surface area contributed by atoms with Crippen LogP contribution in [0.1, 0.15) is 44.3 Å². The van der Waals surface area contributed by atoms with Gasteiger partial charge in [0.2, 0.25) is 10.0 Å². The molecule has 9 heteroatoms. The minimum atomic E-state index is -3.57. The highest BCUT2D eigenvalue weighted by Crippen LogP contribution is 2.22. The van der Waals surface area contributed by atoms with Gasteiger partial charge in [0.25, 0.3) is 11.8 Å². The van der Waals surface area contributed by atoms with Gasteiger partial charge in [0, 0.05) is 17.0 Å². The minimum absolute atomic E-state index is 0.0705. The molecule has 2 rings (SSSR count). The van der Waals surface area contributed by atoms with E-state index in [9.17, 15) is 18.0 Å². The number of rotatable bonds is 6. The second kappa shape index (κ2) is 8.43. The Balaban J connectivity index is 2.00. The fraction of sp³-hybridized carbons (Fsp3) is 0.294. The number of hydrogen-bond donors (Lipinski definition) is 3. The Hall–Kier alpha value is -2.23. The topological polar surface area (TPSA) is 104 Å². The van der Waals surface area contributed by atoms with Crippen molar-refractivity contribution in [2.24, 2.45) is 0 Å². The number of hydrazine groups is 1. The Kier molecular flexibility index (Phi) is 6.52. The standard InChI is InChI=1S/C17H21N3O4S2/c1-4-14-11(3)10-15(25-14)17(22)20-19-16(21)12-6-8-13(9-7-12)26(23,24)18-5-2/h6-10,18H,4-5H2,1-3H3,(H,19,21)(H,20,22). The van der Waals surface area contributed by atoms with Gasteiger partial charge < -0.3 is 0 Å². The van der Waals surface area contributed by atoms with Gasteiger partial charge in [-0.2, -0.15) is 0 Å². The number of amides is 2. The molecule has 7 nitrogen and oxygen atoms in total. The van der Waals surface area contributed by atoms with Gasteiger partial charge in [0.15, 0.2) is 0 Å². The molecule has 0 bridgehead atoms. The zero-order chi connectivity index (χ0) is 19.3. The van der Waals surface area contributed by atoms with Gasteiger partial charge >= 0.3 is 0 Å². The van der Waals surface area contributed by atoms with Crippen molar-refractivity contribution < 1.29 is 18.0 Å². The lowest BCUT2D eigenvalue weighted by Gasteiger charge is -2.08. The van der Waals surface area contributed by atoms with Gasteiger partial charge in [-0.05, 0) is 49.2 Å². The maximum Gasteiger partial charge on any atom is 0.279 e. The van der Waals surface area contributed by atoms with E-state index in [4.69, 9.17) is 0 Å². The van der Waals surface area contributed by atoms with Crippen LogP contribution < -0.4 is 15.6 Å². The van der Waals surface area contributed by atoms with Crippen LogP contribution in [0.5, 0.6) is 0 Å². The first-order valence-electron chi connectivity index (χ1n) is 8.08. The third-order valence-electron chi connectivity index (χ3n) is 3.62. The summed E-state index contributed by atoms with van der Waals surface area (Å²) in [5, 5.41) is 0. The Morgan fingerprint density at radius 2 is 1.65 bits per heavy atom. The number of aryl methyl sites for hydroxylation is 2. The second-order valence-corrected chi connectivity index (χ2v) is 8.41. The number of sulfonamides is 1. The van der Waals surface area contributed by atoms with Crippen LogP contribution in [0.3, 0.4) is 0 Å². The Labute approximate surface area is 156 Å². The average Bonchev–Trinajstić information content (AvgIpc) is 3.00. The molecule has 0 atom stereocenters. The van der Waals surface area contributed by atoms with Crippen LogP contribution in [-0.2, 0) is 16.4 Å². The van der Waals surface area contributed by atoms with Crippen molar-refractivity contribution in [2.45, 2.75) is 32.1 Å². The summed E-state index contributed by atoms with van der Waals surface area (Å²) in [5.74, 6) is -0.924. The third-order valence-corrected chi connectivity index (χ3v) is 6.56. The van der Waals surface area contributed by atoms with E-state index in [-0.39, 0.29) is 17.0 Å². The molecule has 3 N–H and O–H groups in total. The monoisotopic (exact) mass is 395 g/mol. The summed E-state index contributed by atoms with van der Waals surface area (Å²) in [6.07, 6.45) is 0.846. The zero-order valence-electron chi connectivity index (χ0n) is 14.8. The van der Waals surface area contributed by atoms with Crippen LogP contribution in [0.4, 0.5) is 0 Å². The number of carbonyl (C=O) groups excluding carboxylic acids is 2. The molecule has 0 unspecified atom stereocenters. The molecule has 2 amide bonds. The van der Waals surface area contributed by atoms with Crippen molar-refractivity contribution >= 4 is 33.2 Å². The van der Waals surface area contributed by atoms with Gasteiger partial charge in [-0.25, -0.2) is 13.1 Å². The highest BCUT2D eigenvalue weighted by atomic mass is 32.2. The molecule has 2 aromatic rings. The smallest absolute Gasteiger partial charge is 0.267 e. The molecule has 0 aliphatic heterocycles. The number of benzene rings is 1. The molecule has 0 saturated carbocycles. The lowest BCUT2D eigenvalue weighted by atomic mass is 10.2. The summed E-state index contributed by atoms with van der Waals surface area (Å²) < 4.78 is 26.1. The van der Waals surface area contributed by atoms with E-state index in [0.29, 0.717) is 4.88 Å². The number of thiophene rings is 1. The molecule has 0 aliphatic rings. The van der Waals surface area contributed by atoms with Crippen LogP contribution in [-0.4, -0.2) is 26.8 Å². The first-order chi connectivity index (χ1) is 12.3. The molecule has 1 aromatic carbocycles. The molecule has 0 saturated heterocycles. The van der Waals surface area contributed by atoms with Crippen LogP contribution in [0, 0.1) is 6.92 Å². The fourth-order valence-corrected chi connectivity index (χ4v) is 4.34. The predicted octanol–water partition coefficient (Wildman–Crippen LogP) is 1.99. The van der Waals surface area contributed by atoms with Gasteiger partial charge in [0.05, 0.1) is 9.77 Å². The summed E-state index contributed by atoms with van der Waals surface area (Å²) >= 11 is 1.39. The summed E-state index contributed by atoms with van der Waals surface area (Å²) in [6.45, 7) is 5.91. The number of nitrogens with one attached hydrogen (secondary N) is 3. The molecule has 140 valence electrons. The van der Waals surface area contributed by atoms with Crippen LogP contribution >= 0.6 is 11.3 Å². The summed E-state index contributed by atoms with van der Waals surface area (Å²) in [6, 6.07) is 7.23. The van der Waals surface area contributed by atoms with E-state index in [1.54, 1.807) is 13.0 Å². The van der Waals surface area contributed by atoms with E-state index in [2.05, 4.69) is 15.6 Å². The van der Waals surface area contributed by atoms with Gasteiger partial charge in [-0.1, -0.05) is 13.8 Å². The fourth-order valence-electron chi connectivity index (χ4n) is 2.29. The van der Waals surface area contributed by atoms with Crippen molar-refractivity contribution in [1.29, 1.82) is 0 Å². The first-order valence-corrected chi connectivity index (χ1v) is 10.4. The van der Waals surface area contributed by atoms with Crippen LogP contribution in [0.25, 0.3) is 0 Å². The maximum atomic E-state index is 12.1. The normalized spacial score (nSPS) is 11.2. The predicted molar refractivity (Wildman–Crippen MR) is 101 cm³/mol. The van der Waals surface area contributed by atoms with E-state index in [1.165, 1.54) is 35.6 Å². The summed E-state index contributed by atoms with van der Waals surface area (Å²) in [4.78, 5) is 25.9. The summed E-state index contributed by atoms with van der Waals surface area (Å²) in [7, 11) is -3.57. The lowest BCUT2D eigenvalue weighted by Crippen LogP contribution is -2.41. The molecule has 1 aromatic heterocycles. The molecule has 0 radical (unpaired) electrons. The van der Waals surface area contributed by atoms with E-state index >= 15 is 0 Å². The van der Waals surface area contributed by atoms with Gasteiger partial charge in [-0.15, -0.1) is 11.3 Å². The molecular weight excluding hydrogens is 374 g/mol. The van der Waals surface area contributed by atoms with Crippen molar-refractivity contribution in [3.63, 3.8) is 0 Å². The number of hydrogen-bond acceptors (Lipinski definition) is 5. The van der Waals surface area contributed by atoms with E-state index in [0.717, 1.165) is 16.9 Å². The Morgan fingerprint density at radius 3 is 2.19 bits per heavy atom. The minimum Gasteiger partial charge on any atom is -0.267 e. The largest absolute Gasteiger partial charge is 0.279 e. The van der Waals surface area contributed by atoms with Gasteiger partial charge in [-0.3, -0.25) is 20.4 Å². The van der Waals surface area contributed by atoms with Crippen molar-refractivity contribution in [3.8, 4) is 0 Å². The quantitative estimate of drug-likeness (QED) is 0.651. The van der Waals surface area contributed by atoms with E-state index in [1.807, 2.05) is 13.8 Å². The maximum absolute atomic E-state index is 12.1. The molecule has 26 heavy (non-hydrogen) atoms. The Morgan fingerprint density at radius 1 is 1.04 bits per heavy atom. The molecule has 0 aliphatic carbocycles. The average molecular weight is 396 g/mol. The third kappa shape index (κ3) is 4.69. The van der Waals surface area contributed by atoms with Crippen LogP contribution in [0.2, 0.25) is 0 Å². The zero-order valence-corrected chi connectivity index (χ0v) is 16.4. The number of carbonyl (C=O) groups is 2. The molecular formula is C17H21N3O4S2. The van der Waals surface area contributed by atoms with Gasteiger partial charge in [0.1, 0.15) is 0 Å². The SMILES string of the molecule is CCNS(=O)(=O)c1ccc(C(=O)NNC(=O)c2cc(C)c(CC)s2)cc1. The lowest BCUT2D eigenvalue weighted by molar-refractivity contribution is 0.0849. The highest BCUT2D eigenvalue weighted by molar-refractivity contribution is 7.89. The first kappa shape index (κ1) is 20.1. The van der Waals surface area contributed by atoms with Crippen molar-refractivity contribution in [1.82, 2.24) is 15.6 Å². The van der Waals surface area contributed by atoms with E-state index < -0.39 is 21.8 Å². The second-order valence-electron chi connectivity index (χ2n) is 5.50. The van der Waals surface area contributed by atoms with Crippen LogP contribution in [0.15, 0.2) is 35.2 Å². The molecule has 1 heterocycles.